The van der Waals surface area contributed by atoms with Gasteiger partial charge in [-0.3, -0.25) is 9.11 Å². The van der Waals surface area contributed by atoms with Crippen molar-refractivity contribution < 1.29 is 17.5 Å². The molecule has 0 unspecified atom stereocenters. The number of guanidine groups is 1. The summed E-state index contributed by atoms with van der Waals surface area (Å²) in [6.07, 6.45) is 0. The summed E-state index contributed by atoms with van der Waals surface area (Å²) >= 11 is 0. The van der Waals surface area contributed by atoms with Crippen LogP contribution in [0.4, 0.5) is 0 Å². The molecule has 102 valence electrons. The highest BCUT2D eigenvalue weighted by Gasteiger charge is 1.91. The molecule has 1 aromatic rings. The lowest BCUT2D eigenvalue weighted by molar-refractivity contribution is 0.381. The summed E-state index contributed by atoms with van der Waals surface area (Å²) in [5, 5.41) is 0. The molecule has 0 bridgehead atoms. The quantitative estimate of drug-likeness (QED) is 0.275. The molecular formula is C9H16N4O4S. The predicted molar refractivity (Wildman–Crippen MR) is 68.0 cm³/mol. The highest BCUT2D eigenvalue weighted by atomic mass is 32.3. The van der Waals surface area contributed by atoms with Gasteiger partial charge in [-0.05, 0) is 11.1 Å². The van der Waals surface area contributed by atoms with Crippen LogP contribution < -0.4 is 17.2 Å². The van der Waals surface area contributed by atoms with Crippen LogP contribution in [0, 0.1) is 0 Å². The van der Waals surface area contributed by atoms with E-state index in [4.69, 9.17) is 34.7 Å². The topological polar surface area (TPSA) is 165 Å². The Balaban J connectivity index is 0.000000494. The minimum Gasteiger partial charge on any atom is -0.370 e. The standard InChI is InChI=1S/C9H14N4.H2O4S/c10-5-7-1-3-8(4-2-7)6-13-9(11)12;1-5(2,3)4/h1-4H,5-6,10H2,(H4,11,12,13);(H2,1,2,3,4). The van der Waals surface area contributed by atoms with E-state index in [2.05, 4.69) is 4.99 Å². The zero-order chi connectivity index (χ0) is 14.2. The summed E-state index contributed by atoms with van der Waals surface area (Å²) in [5.41, 5.74) is 18.0. The van der Waals surface area contributed by atoms with E-state index in [1.54, 1.807) is 0 Å². The third-order valence-electron chi connectivity index (χ3n) is 1.70. The van der Waals surface area contributed by atoms with Crippen molar-refractivity contribution in [1.82, 2.24) is 0 Å². The molecule has 8 nitrogen and oxygen atoms in total. The van der Waals surface area contributed by atoms with E-state index in [1.165, 1.54) is 0 Å². The van der Waals surface area contributed by atoms with Crippen LogP contribution in [0.1, 0.15) is 11.1 Å². The molecule has 0 aromatic heterocycles. The molecule has 0 amide bonds. The Bertz CT molecular complexity index is 472. The predicted octanol–water partition coefficient (Wildman–Crippen LogP) is -0.734. The van der Waals surface area contributed by atoms with Crippen LogP contribution in [0.5, 0.6) is 0 Å². The first kappa shape index (κ1) is 16.3. The summed E-state index contributed by atoms with van der Waals surface area (Å²) in [6, 6.07) is 7.87. The number of benzene rings is 1. The molecule has 0 aliphatic heterocycles. The molecule has 0 spiro atoms. The van der Waals surface area contributed by atoms with Crippen molar-refractivity contribution in [3.8, 4) is 0 Å². The molecule has 0 aliphatic rings. The van der Waals surface area contributed by atoms with E-state index in [1.807, 2.05) is 24.3 Å². The summed E-state index contributed by atoms with van der Waals surface area (Å²) in [5.74, 6) is 0.114. The number of hydrogen-bond acceptors (Lipinski definition) is 4. The van der Waals surface area contributed by atoms with Crippen molar-refractivity contribution in [3.05, 3.63) is 35.4 Å². The van der Waals surface area contributed by atoms with Gasteiger partial charge in [0.15, 0.2) is 5.96 Å². The Morgan fingerprint density at radius 3 is 1.83 bits per heavy atom. The lowest BCUT2D eigenvalue weighted by atomic mass is 10.1. The minimum atomic E-state index is -4.67. The highest BCUT2D eigenvalue weighted by molar-refractivity contribution is 7.79. The Hall–Kier alpha value is -1.68. The van der Waals surface area contributed by atoms with Crippen molar-refractivity contribution in [3.63, 3.8) is 0 Å². The molecule has 0 fully saturated rings. The Morgan fingerprint density at radius 2 is 1.50 bits per heavy atom. The maximum Gasteiger partial charge on any atom is 0.394 e. The second-order valence-corrected chi connectivity index (χ2v) is 4.11. The van der Waals surface area contributed by atoms with Gasteiger partial charge in [0.05, 0.1) is 6.54 Å². The Kier molecular flexibility index (Phi) is 6.90. The molecule has 8 N–H and O–H groups in total. The third-order valence-corrected chi connectivity index (χ3v) is 1.70. The molecule has 1 aromatic carbocycles. The Morgan fingerprint density at radius 1 is 1.11 bits per heavy atom. The van der Waals surface area contributed by atoms with Crippen LogP contribution >= 0.6 is 0 Å². The summed E-state index contributed by atoms with van der Waals surface area (Å²) in [4.78, 5) is 3.89. The van der Waals surface area contributed by atoms with Crippen molar-refractivity contribution in [2.75, 3.05) is 0 Å². The van der Waals surface area contributed by atoms with Gasteiger partial charge in [-0.15, -0.1) is 0 Å². The molecule has 0 radical (unpaired) electrons. The van der Waals surface area contributed by atoms with Gasteiger partial charge < -0.3 is 17.2 Å². The largest absolute Gasteiger partial charge is 0.394 e. The normalized spacial score (nSPS) is 10.2. The van der Waals surface area contributed by atoms with E-state index in [0.717, 1.165) is 11.1 Å². The Labute approximate surface area is 105 Å². The van der Waals surface area contributed by atoms with Crippen LogP contribution in [-0.4, -0.2) is 23.5 Å². The second-order valence-electron chi connectivity index (χ2n) is 3.21. The average molecular weight is 276 g/mol. The third kappa shape index (κ3) is 10.8. The van der Waals surface area contributed by atoms with Crippen molar-refractivity contribution in [2.24, 2.45) is 22.2 Å². The van der Waals surface area contributed by atoms with Gasteiger partial charge in [-0.2, -0.15) is 8.42 Å². The molecule has 0 saturated heterocycles. The van der Waals surface area contributed by atoms with Gasteiger partial charge >= 0.3 is 10.4 Å². The van der Waals surface area contributed by atoms with Gasteiger partial charge in [-0.1, -0.05) is 24.3 Å². The average Bonchev–Trinajstić information content (AvgIpc) is 2.25. The van der Waals surface area contributed by atoms with Gasteiger partial charge in [0.25, 0.3) is 0 Å². The number of aliphatic imine (C=N–C) groups is 1. The molecule has 0 heterocycles. The first-order chi connectivity index (χ1) is 8.22. The first-order valence-corrected chi connectivity index (χ1v) is 6.15. The molecule has 0 aliphatic carbocycles. The van der Waals surface area contributed by atoms with Crippen LogP contribution in [0.3, 0.4) is 0 Å². The number of hydrogen-bond donors (Lipinski definition) is 5. The zero-order valence-corrected chi connectivity index (χ0v) is 10.3. The maximum atomic E-state index is 8.74. The van der Waals surface area contributed by atoms with E-state index >= 15 is 0 Å². The van der Waals surface area contributed by atoms with E-state index in [-0.39, 0.29) is 5.96 Å². The van der Waals surface area contributed by atoms with Crippen LogP contribution in [-0.2, 0) is 23.5 Å². The van der Waals surface area contributed by atoms with Crippen LogP contribution in [0.2, 0.25) is 0 Å². The van der Waals surface area contributed by atoms with E-state index < -0.39 is 10.4 Å². The fourth-order valence-corrected chi connectivity index (χ4v) is 0.963. The summed E-state index contributed by atoms with van der Waals surface area (Å²) < 4.78 is 31.6. The molecule has 1 rings (SSSR count). The van der Waals surface area contributed by atoms with Gasteiger partial charge in [0.2, 0.25) is 0 Å². The number of nitrogens with two attached hydrogens (primary N) is 3. The molecule has 18 heavy (non-hydrogen) atoms. The monoisotopic (exact) mass is 276 g/mol. The summed E-state index contributed by atoms with van der Waals surface area (Å²) in [7, 11) is -4.67. The second kappa shape index (κ2) is 7.61. The zero-order valence-electron chi connectivity index (χ0n) is 9.52. The fraction of sp³-hybridized carbons (Fsp3) is 0.222. The minimum absolute atomic E-state index is 0.114. The first-order valence-electron chi connectivity index (χ1n) is 4.75. The smallest absolute Gasteiger partial charge is 0.370 e. The van der Waals surface area contributed by atoms with Crippen LogP contribution in [0.15, 0.2) is 29.3 Å². The van der Waals surface area contributed by atoms with E-state index in [0.29, 0.717) is 13.1 Å². The lowest BCUT2D eigenvalue weighted by Gasteiger charge is -1.99. The molecular weight excluding hydrogens is 260 g/mol. The number of nitrogens with zero attached hydrogens (tertiary/aromatic N) is 1. The highest BCUT2D eigenvalue weighted by Crippen LogP contribution is 2.04. The van der Waals surface area contributed by atoms with Gasteiger partial charge in [0, 0.05) is 6.54 Å². The maximum absolute atomic E-state index is 8.74. The fourth-order valence-electron chi connectivity index (χ4n) is 0.963. The molecule has 9 heteroatoms. The van der Waals surface area contributed by atoms with Gasteiger partial charge in [-0.25, -0.2) is 4.99 Å². The molecule has 0 atom stereocenters. The van der Waals surface area contributed by atoms with E-state index in [9.17, 15) is 0 Å². The SMILES string of the molecule is NCc1ccc(CN=C(N)N)cc1.O=S(=O)(O)O. The van der Waals surface area contributed by atoms with Crippen molar-refractivity contribution in [1.29, 1.82) is 0 Å². The summed E-state index contributed by atoms with van der Waals surface area (Å²) in [6.45, 7) is 1.08. The van der Waals surface area contributed by atoms with Crippen molar-refractivity contribution in [2.45, 2.75) is 13.1 Å². The van der Waals surface area contributed by atoms with Gasteiger partial charge in [0.1, 0.15) is 0 Å². The molecule has 0 saturated carbocycles. The van der Waals surface area contributed by atoms with Crippen molar-refractivity contribution >= 4 is 16.4 Å². The van der Waals surface area contributed by atoms with Crippen LogP contribution in [0.25, 0.3) is 0 Å². The number of rotatable bonds is 3. The lowest BCUT2D eigenvalue weighted by Crippen LogP contribution is -2.22.